The van der Waals surface area contributed by atoms with E-state index in [0.717, 1.165) is 36.4 Å². The van der Waals surface area contributed by atoms with E-state index in [2.05, 4.69) is 20.5 Å². The van der Waals surface area contributed by atoms with E-state index in [9.17, 15) is 62.1 Å². The number of phenols is 2. The van der Waals surface area contributed by atoms with Crippen molar-refractivity contribution in [3.63, 3.8) is 0 Å². The maximum Gasteiger partial charge on any atom is 1.00 e. The van der Waals surface area contributed by atoms with Crippen LogP contribution in [0.3, 0.4) is 0 Å². The van der Waals surface area contributed by atoms with Crippen molar-refractivity contribution >= 4 is 96.1 Å². The fourth-order valence-corrected chi connectivity index (χ4v) is 7.93. The fourth-order valence-electron chi connectivity index (χ4n) is 5.52. The normalized spacial score (nSPS) is 12.8. The Morgan fingerprint density at radius 2 is 0.842 bits per heavy atom. The van der Waals surface area contributed by atoms with E-state index in [1.807, 2.05) is 0 Å². The van der Waals surface area contributed by atoms with E-state index in [1.165, 1.54) is 24.3 Å². The molecule has 0 aliphatic rings. The SMILES string of the molecule is Nc1cc(S(=O)(=O)[O-])cc2cc(S(=O)(=O)O)c(N=Nc3ccc(-c4ccc(N=Nc5c(S(=O)(=O)O)cc6cc(S(=O)(=O)O)cc(N)c6c5O)cc4)cc3)c(O)c12.[Na+]. The molecule has 57 heavy (non-hydrogen) atoms. The second-order valence-corrected chi connectivity index (χ2v) is 17.3. The van der Waals surface area contributed by atoms with Crippen molar-refractivity contribution in [2.24, 2.45) is 20.5 Å². The Balaban J connectivity index is 0.00000620. The molecule has 0 aliphatic carbocycles. The van der Waals surface area contributed by atoms with Gasteiger partial charge in [0, 0.05) is 22.1 Å². The molecule has 9 N–H and O–H groups in total. The van der Waals surface area contributed by atoms with Gasteiger partial charge in [-0.2, -0.15) is 35.5 Å². The number of nitrogens with zero attached hydrogens (tertiary/aromatic N) is 4. The van der Waals surface area contributed by atoms with Crippen molar-refractivity contribution in [1.82, 2.24) is 0 Å². The first-order valence-electron chi connectivity index (χ1n) is 15.0. The summed E-state index contributed by atoms with van der Waals surface area (Å²) in [7, 11) is -20.0. The summed E-state index contributed by atoms with van der Waals surface area (Å²) in [6, 6.07) is 17.0. The second kappa shape index (κ2) is 15.3. The predicted octanol–water partition coefficient (Wildman–Crippen LogP) is 2.71. The van der Waals surface area contributed by atoms with E-state index in [4.69, 9.17) is 11.5 Å². The molecule has 0 saturated carbocycles. The largest absolute Gasteiger partial charge is 1.00 e. The Labute approximate surface area is 344 Å². The topological polar surface area (TPSA) is 362 Å². The molecule has 6 aromatic rings. The van der Waals surface area contributed by atoms with E-state index >= 15 is 0 Å². The zero-order valence-electron chi connectivity index (χ0n) is 28.6. The standard InChI is InChI=1S/C32H24N6O14S4.Na/c33-23-13-21(53(41,42)43)9-17-11-25(55(47,48)49)29(31(39)27(17)23)37-35-19-5-1-15(2-6-19)16-3-7-20(8-4-16)36-38-30-26(56(50,51)52)12-18-10-22(54(44,45)46)14-24(34)28(18)32(30)40;/h1-14,39-40H,33-34H2,(H,41,42,43)(H,44,45,46)(H,47,48,49)(H,50,51,52);/q;+1/p-1. The van der Waals surface area contributed by atoms with Crippen molar-refractivity contribution in [3.05, 3.63) is 84.9 Å². The molecule has 290 valence electrons. The van der Waals surface area contributed by atoms with Crippen LogP contribution in [0.15, 0.2) is 125 Å². The number of azo groups is 2. The van der Waals surface area contributed by atoms with Gasteiger partial charge in [-0.05, 0) is 82.6 Å². The number of benzene rings is 6. The molecule has 0 aromatic heterocycles. The summed E-state index contributed by atoms with van der Waals surface area (Å²) in [5.74, 6) is -1.73. The van der Waals surface area contributed by atoms with Crippen LogP contribution in [0.2, 0.25) is 0 Å². The first-order chi connectivity index (χ1) is 25.9. The van der Waals surface area contributed by atoms with E-state index in [-0.39, 0.29) is 68.2 Å². The summed E-state index contributed by atoms with van der Waals surface area (Å²) in [5, 5.41) is 36.2. The van der Waals surface area contributed by atoms with Crippen LogP contribution in [0.4, 0.5) is 34.1 Å². The molecule has 25 heteroatoms. The van der Waals surface area contributed by atoms with Crippen LogP contribution >= 0.6 is 0 Å². The summed E-state index contributed by atoms with van der Waals surface area (Å²) in [5.41, 5.74) is 11.0. The quantitative estimate of drug-likeness (QED) is 0.0475. The maximum absolute atomic E-state index is 12.2. The molecule has 6 rings (SSSR count). The minimum absolute atomic E-state index is 0. The molecule has 0 spiro atoms. The average Bonchev–Trinajstić information content (AvgIpc) is 3.09. The van der Waals surface area contributed by atoms with Gasteiger partial charge in [-0.25, -0.2) is 8.42 Å². The predicted molar refractivity (Wildman–Crippen MR) is 198 cm³/mol. The Kier molecular flexibility index (Phi) is 11.6. The van der Waals surface area contributed by atoms with Crippen LogP contribution in [0.25, 0.3) is 32.7 Å². The molecule has 0 bridgehead atoms. The van der Waals surface area contributed by atoms with Crippen LogP contribution in [0.1, 0.15) is 0 Å². The van der Waals surface area contributed by atoms with Gasteiger partial charge >= 0.3 is 29.6 Å². The molecule has 0 amide bonds. The van der Waals surface area contributed by atoms with E-state index in [1.54, 1.807) is 24.3 Å². The monoisotopic (exact) mass is 866 g/mol. The summed E-state index contributed by atoms with van der Waals surface area (Å²) in [4.78, 5) is -3.39. The number of phenolic OH excluding ortho intramolecular Hbond substituents is 2. The number of nitrogen functional groups attached to an aromatic ring is 2. The van der Waals surface area contributed by atoms with Crippen molar-refractivity contribution in [2.75, 3.05) is 11.5 Å². The Bertz CT molecular complexity index is 2950. The second-order valence-electron chi connectivity index (χ2n) is 11.7. The van der Waals surface area contributed by atoms with Gasteiger partial charge in [0.05, 0.1) is 21.2 Å². The van der Waals surface area contributed by atoms with Gasteiger partial charge in [0.25, 0.3) is 30.4 Å². The number of rotatable bonds is 9. The number of fused-ring (bicyclic) bond motifs is 2. The van der Waals surface area contributed by atoms with Crippen LogP contribution in [0, 0.1) is 0 Å². The van der Waals surface area contributed by atoms with Crippen molar-refractivity contribution in [3.8, 4) is 22.6 Å². The van der Waals surface area contributed by atoms with E-state index < -0.39 is 88.6 Å². The summed E-state index contributed by atoms with van der Waals surface area (Å²) < 4.78 is 136. The third kappa shape index (κ3) is 8.90. The molecular formula is C32H23N6NaO14S4. The molecule has 20 nitrogen and oxygen atoms in total. The molecule has 0 radical (unpaired) electrons. The minimum atomic E-state index is -5.08. The molecule has 0 atom stereocenters. The van der Waals surface area contributed by atoms with Gasteiger partial charge in [0.2, 0.25) is 0 Å². The van der Waals surface area contributed by atoms with Crippen LogP contribution < -0.4 is 41.0 Å². The molecule has 6 aromatic carbocycles. The zero-order chi connectivity index (χ0) is 41.1. The van der Waals surface area contributed by atoms with Gasteiger partial charge in [-0.1, -0.05) is 24.3 Å². The molecule has 0 fully saturated rings. The van der Waals surface area contributed by atoms with Crippen LogP contribution in [0.5, 0.6) is 11.5 Å². The number of nitrogens with two attached hydrogens (primary N) is 2. The minimum Gasteiger partial charge on any atom is -0.744 e. The molecule has 0 aliphatic heterocycles. The van der Waals surface area contributed by atoms with Gasteiger partial charge in [-0.3, -0.25) is 13.7 Å². The Morgan fingerprint density at radius 1 is 0.491 bits per heavy atom. The molecular weight excluding hydrogens is 844 g/mol. The average molecular weight is 867 g/mol. The third-order valence-corrected chi connectivity index (χ3v) is 11.4. The summed E-state index contributed by atoms with van der Waals surface area (Å²) in [6.07, 6.45) is 0. The van der Waals surface area contributed by atoms with Crippen LogP contribution in [-0.2, 0) is 40.5 Å². The fraction of sp³-hybridized carbons (Fsp3) is 0. The molecule has 0 unspecified atom stereocenters. The van der Waals surface area contributed by atoms with Gasteiger partial charge in [0.15, 0.2) is 11.5 Å². The van der Waals surface area contributed by atoms with Gasteiger partial charge in [-0.15, -0.1) is 10.2 Å². The number of hydrogen-bond donors (Lipinski definition) is 7. The maximum atomic E-state index is 12.2. The van der Waals surface area contributed by atoms with Crippen molar-refractivity contribution < 1.29 is 91.7 Å². The number of hydrogen-bond acceptors (Lipinski definition) is 17. The van der Waals surface area contributed by atoms with Gasteiger partial charge < -0.3 is 26.2 Å². The third-order valence-electron chi connectivity index (χ3n) is 8.05. The number of anilines is 2. The zero-order valence-corrected chi connectivity index (χ0v) is 33.8. The van der Waals surface area contributed by atoms with Crippen molar-refractivity contribution in [2.45, 2.75) is 19.6 Å². The molecule has 0 saturated heterocycles. The molecule has 0 heterocycles. The summed E-state index contributed by atoms with van der Waals surface area (Å²) >= 11 is 0. The Hall–Kier alpha value is -5.12. The van der Waals surface area contributed by atoms with Gasteiger partial charge in [0.1, 0.15) is 31.3 Å². The summed E-state index contributed by atoms with van der Waals surface area (Å²) in [6.45, 7) is 0. The first-order valence-corrected chi connectivity index (χ1v) is 20.8. The van der Waals surface area contributed by atoms with E-state index in [0.29, 0.717) is 11.1 Å². The Morgan fingerprint density at radius 3 is 1.18 bits per heavy atom. The first kappa shape index (κ1) is 43.0. The number of aromatic hydroxyl groups is 2. The van der Waals surface area contributed by atoms with Crippen molar-refractivity contribution in [1.29, 1.82) is 0 Å². The van der Waals surface area contributed by atoms with Crippen LogP contribution in [-0.4, -0.2) is 62.1 Å². The smallest absolute Gasteiger partial charge is 0.744 e.